The van der Waals surface area contributed by atoms with E-state index in [1.54, 1.807) is 6.07 Å². The molecule has 0 aromatic heterocycles. The Morgan fingerprint density at radius 3 is 2.44 bits per heavy atom. The summed E-state index contributed by atoms with van der Waals surface area (Å²) in [5.41, 5.74) is 6.01. The zero-order valence-corrected chi connectivity index (χ0v) is 10.3. The van der Waals surface area contributed by atoms with E-state index in [0.29, 0.717) is 11.4 Å². The largest absolute Gasteiger partial charge is 0.489 e. The van der Waals surface area contributed by atoms with Crippen molar-refractivity contribution in [2.75, 3.05) is 12.8 Å². The summed E-state index contributed by atoms with van der Waals surface area (Å²) in [6, 6.07) is 4.39. The number of hydrogen-bond donors (Lipinski definition) is 2. The summed E-state index contributed by atoms with van der Waals surface area (Å²) in [6.45, 7) is 3.75. The standard InChI is InChI=1S/C10H16N2O3S/c1-7(2)15-10-5-4-8(6-9(10)11)16(13,14)12-3/h4-7,12H,11H2,1-3H3. The molecule has 0 amide bonds. The molecule has 0 bridgehead atoms. The normalized spacial score (nSPS) is 11.8. The average molecular weight is 244 g/mol. The number of rotatable bonds is 4. The van der Waals surface area contributed by atoms with Gasteiger partial charge in [0.05, 0.1) is 16.7 Å². The van der Waals surface area contributed by atoms with E-state index in [9.17, 15) is 8.42 Å². The molecule has 0 saturated heterocycles. The SMILES string of the molecule is CNS(=O)(=O)c1ccc(OC(C)C)c(N)c1. The molecule has 0 aliphatic heterocycles. The maximum Gasteiger partial charge on any atom is 0.240 e. The predicted molar refractivity (Wildman–Crippen MR) is 62.9 cm³/mol. The molecule has 16 heavy (non-hydrogen) atoms. The van der Waals surface area contributed by atoms with Crippen LogP contribution < -0.4 is 15.2 Å². The molecule has 0 atom stereocenters. The van der Waals surface area contributed by atoms with Crippen LogP contribution in [-0.4, -0.2) is 21.6 Å². The van der Waals surface area contributed by atoms with Crippen LogP contribution in [0.15, 0.2) is 23.1 Å². The summed E-state index contributed by atoms with van der Waals surface area (Å²) in [6.07, 6.45) is -0.00550. The van der Waals surface area contributed by atoms with Gasteiger partial charge in [0, 0.05) is 0 Å². The zero-order valence-electron chi connectivity index (χ0n) is 9.52. The Morgan fingerprint density at radius 2 is 2.00 bits per heavy atom. The Morgan fingerprint density at radius 1 is 1.38 bits per heavy atom. The van der Waals surface area contributed by atoms with E-state index in [2.05, 4.69) is 4.72 Å². The topological polar surface area (TPSA) is 81.4 Å². The van der Waals surface area contributed by atoms with Crippen LogP contribution in [0.1, 0.15) is 13.8 Å². The Kier molecular flexibility index (Phi) is 3.77. The van der Waals surface area contributed by atoms with Gasteiger partial charge in [0.2, 0.25) is 10.0 Å². The van der Waals surface area contributed by atoms with Gasteiger partial charge in [-0.2, -0.15) is 0 Å². The van der Waals surface area contributed by atoms with Gasteiger partial charge in [0.15, 0.2) is 0 Å². The van der Waals surface area contributed by atoms with Gasteiger partial charge < -0.3 is 10.5 Å². The molecular formula is C10H16N2O3S. The maximum atomic E-state index is 11.5. The summed E-state index contributed by atoms with van der Waals surface area (Å²) in [5.74, 6) is 0.491. The molecule has 1 aromatic rings. The van der Waals surface area contributed by atoms with Crippen molar-refractivity contribution in [2.45, 2.75) is 24.8 Å². The van der Waals surface area contributed by atoms with Gasteiger partial charge in [-0.1, -0.05) is 0 Å². The average Bonchev–Trinajstić information content (AvgIpc) is 2.20. The highest BCUT2D eigenvalue weighted by Gasteiger charge is 2.13. The molecule has 0 radical (unpaired) electrons. The van der Waals surface area contributed by atoms with Crippen LogP contribution >= 0.6 is 0 Å². The quantitative estimate of drug-likeness (QED) is 0.773. The number of sulfonamides is 1. The molecule has 1 rings (SSSR count). The van der Waals surface area contributed by atoms with E-state index in [-0.39, 0.29) is 11.0 Å². The molecule has 0 fully saturated rings. The fourth-order valence-electron chi connectivity index (χ4n) is 1.17. The van der Waals surface area contributed by atoms with Crippen LogP contribution in [0.2, 0.25) is 0 Å². The van der Waals surface area contributed by atoms with Gasteiger partial charge >= 0.3 is 0 Å². The molecule has 3 N–H and O–H groups in total. The van der Waals surface area contributed by atoms with E-state index in [4.69, 9.17) is 10.5 Å². The minimum atomic E-state index is -3.45. The van der Waals surface area contributed by atoms with Crippen molar-refractivity contribution in [3.63, 3.8) is 0 Å². The molecule has 0 saturated carbocycles. The first kappa shape index (κ1) is 12.8. The number of nitrogens with one attached hydrogen (secondary N) is 1. The van der Waals surface area contributed by atoms with Gasteiger partial charge in [-0.15, -0.1) is 0 Å². The minimum Gasteiger partial charge on any atom is -0.489 e. The van der Waals surface area contributed by atoms with Crippen LogP contribution in [0.5, 0.6) is 5.75 Å². The van der Waals surface area contributed by atoms with Crippen LogP contribution in [0.3, 0.4) is 0 Å². The molecule has 1 aromatic carbocycles. The Hall–Kier alpha value is -1.27. The van der Waals surface area contributed by atoms with E-state index in [1.165, 1.54) is 19.2 Å². The highest BCUT2D eigenvalue weighted by atomic mass is 32.2. The second-order valence-electron chi connectivity index (χ2n) is 3.57. The second-order valence-corrected chi connectivity index (χ2v) is 5.46. The lowest BCUT2D eigenvalue weighted by molar-refractivity contribution is 0.243. The highest BCUT2D eigenvalue weighted by Crippen LogP contribution is 2.25. The lowest BCUT2D eigenvalue weighted by atomic mass is 10.3. The van der Waals surface area contributed by atoms with Crippen LogP contribution in [0, 0.1) is 0 Å². The van der Waals surface area contributed by atoms with Gasteiger partial charge in [-0.25, -0.2) is 13.1 Å². The van der Waals surface area contributed by atoms with Crippen molar-refractivity contribution in [2.24, 2.45) is 0 Å². The van der Waals surface area contributed by atoms with Crippen molar-refractivity contribution in [1.29, 1.82) is 0 Å². The first-order valence-electron chi connectivity index (χ1n) is 4.86. The van der Waals surface area contributed by atoms with Crippen molar-refractivity contribution < 1.29 is 13.2 Å². The number of hydrogen-bond acceptors (Lipinski definition) is 4. The van der Waals surface area contributed by atoms with Gasteiger partial charge in [-0.05, 0) is 39.1 Å². The van der Waals surface area contributed by atoms with Crippen LogP contribution in [0.25, 0.3) is 0 Å². The number of nitrogen functional groups attached to an aromatic ring is 1. The van der Waals surface area contributed by atoms with Crippen molar-refractivity contribution >= 4 is 15.7 Å². The highest BCUT2D eigenvalue weighted by molar-refractivity contribution is 7.89. The van der Waals surface area contributed by atoms with E-state index in [0.717, 1.165) is 0 Å². The third-order valence-electron chi connectivity index (χ3n) is 1.92. The molecule has 5 nitrogen and oxygen atoms in total. The molecule has 0 aliphatic rings. The molecule has 0 spiro atoms. The van der Waals surface area contributed by atoms with Crippen LogP contribution in [0.4, 0.5) is 5.69 Å². The summed E-state index contributed by atoms with van der Waals surface area (Å²) in [7, 11) is -2.10. The van der Waals surface area contributed by atoms with Gasteiger partial charge in [0.25, 0.3) is 0 Å². The number of nitrogens with two attached hydrogens (primary N) is 1. The third-order valence-corrected chi connectivity index (χ3v) is 3.33. The molecule has 6 heteroatoms. The molecule has 0 aliphatic carbocycles. The van der Waals surface area contributed by atoms with E-state index in [1.807, 2.05) is 13.8 Å². The number of benzene rings is 1. The Labute approximate surface area is 95.7 Å². The van der Waals surface area contributed by atoms with Gasteiger partial charge in [-0.3, -0.25) is 0 Å². The smallest absolute Gasteiger partial charge is 0.240 e. The lowest BCUT2D eigenvalue weighted by Gasteiger charge is -2.12. The van der Waals surface area contributed by atoms with E-state index >= 15 is 0 Å². The van der Waals surface area contributed by atoms with Gasteiger partial charge in [0.1, 0.15) is 5.75 Å². The first-order chi connectivity index (χ1) is 7.36. The predicted octanol–water partition coefficient (Wildman–Crippen LogP) is 0.964. The van der Waals surface area contributed by atoms with Crippen LogP contribution in [-0.2, 0) is 10.0 Å². The lowest BCUT2D eigenvalue weighted by Crippen LogP contribution is -2.18. The first-order valence-corrected chi connectivity index (χ1v) is 6.35. The summed E-state index contributed by atoms with van der Waals surface area (Å²) >= 11 is 0. The number of ether oxygens (including phenoxy) is 1. The molecule has 0 unspecified atom stereocenters. The minimum absolute atomic E-state index is 0.00550. The zero-order chi connectivity index (χ0) is 12.3. The molecule has 90 valence electrons. The third kappa shape index (κ3) is 2.86. The van der Waals surface area contributed by atoms with Crippen molar-refractivity contribution in [3.05, 3.63) is 18.2 Å². The van der Waals surface area contributed by atoms with Crippen molar-refractivity contribution in [1.82, 2.24) is 4.72 Å². The Balaban J connectivity index is 3.09. The van der Waals surface area contributed by atoms with E-state index < -0.39 is 10.0 Å². The fraction of sp³-hybridized carbons (Fsp3) is 0.400. The maximum absolute atomic E-state index is 11.5. The second kappa shape index (κ2) is 4.71. The molecule has 0 heterocycles. The monoisotopic (exact) mass is 244 g/mol. The fourth-order valence-corrected chi connectivity index (χ4v) is 1.94. The summed E-state index contributed by atoms with van der Waals surface area (Å²) in [4.78, 5) is 0.128. The van der Waals surface area contributed by atoms with Crippen molar-refractivity contribution in [3.8, 4) is 5.75 Å². The molecular weight excluding hydrogens is 228 g/mol. The number of anilines is 1. The summed E-state index contributed by atoms with van der Waals surface area (Å²) in [5, 5.41) is 0. The summed E-state index contributed by atoms with van der Waals surface area (Å²) < 4.78 is 30.6. The Bertz CT molecular complexity index is 469.